The monoisotopic (exact) mass is 383 g/mol. The molecule has 2 aromatic carbocycles. The number of nitrogens with zero attached hydrogens (tertiary/aromatic N) is 1. The van der Waals surface area contributed by atoms with Gasteiger partial charge in [0.2, 0.25) is 0 Å². The van der Waals surface area contributed by atoms with Crippen LogP contribution in [0.1, 0.15) is 48.1 Å². The molecule has 1 N–H and O–H groups in total. The Balaban J connectivity index is 1.53. The molecule has 0 spiro atoms. The molecule has 2 unspecified atom stereocenters. The summed E-state index contributed by atoms with van der Waals surface area (Å²) in [7, 11) is 1.68. The fourth-order valence-electron chi connectivity index (χ4n) is 3.73. The van der Waals surface area contributed by atoms with Crippen LogP contribution in [0.3, 0.4) is 0 Å². The Morgan fingerprint density at radius 3 is 2.71 bits per heavy atom. The van der Waals surface area contributed by atoms with Gasteiger partial charge in [0.05, 0.1) is 7.11 Å². The standard InChI is InChI=1S/C23H29NO4/c1-3-23(26)17-9-11-20(12-10-17)28-16-19(25)15-24-13-5-8-22(24)18-6-4-7-21(14-18)27-2/h4,6-7,9-12,14,19,22,25H,3,5,8,13,15-16H2,1-2H3. The predicted molar refractivity (Wildman–Crippen MR) is 109 cm³/mol. The van der Waals surface area contributed by atoms with Crippen molar-refractivity contribution in [1.29, 1.82) is 0 Å². The Morgan fingerprint density at radius 1 is 1.21 bits per heavy atom. The first-order valence-corrected chi connectivity index (χ1v) is 9.92. The molecule has 2 atom stereocenters. The van der Waals surface area contributed by atoms with E-state index in [4.69, 9.17) is 9.47 Å². The number of rotatable bonds is 9. The molecule has 0 amide bonds. The largest absolute Gasteiger partial charge is 0.497 e. The zero-order valence-electron chi connectivity index (χ0n) is 16.6. The zero-order chi connectivity index (χ0) is 19.9. The Kier molecular flexibility index (Phi) is 7.06. The summed E-state index contributed by atoms with van der Waals surface area (Å²) in [6, 6.07) is 15.6. The third-order valence-electron chi connectivity index (χ3n) is 5.23. The molecule has 0 saturated carbocycles. The normalized spacial score (nSPS) is 18.0. The first kappa shape index (κ1) is 20.4. The quantitative estimate of drug-likeness (QED) is 0.666. The lowest BCUT2D eigenvalue weighted by molar-refractivity contribution is 0.0638. The number of ether oxygens (including phenoxy) is 2. The van der Waals surface area contributed by atoms with Gasteiger partial charge in [0, 0.05) is 24.6 Å². The molecule has 1 aliphatic rings. The lowest BCUT2D eigenvalue weighted by atomic mass is 10.0. The summed E-state index contributed by atoms with van der Waals surface area (Å²) in [5.74, 6) is 1.64. The Hall–Kier alpha value is -2.37. The van der Waals surface area contributed by atoms with Crippen molar-refractivity contribution in [2.75, 3.05) is 26.8 Å². The van der Waals surface area contributed by atoms with E-state index in [2.05, 4.69) is 17.0 Å². The lowest BCUT2D eigenvalue weighted by Gasteiger charge is -2.27. The van der Waals surface area contributed by atoms with Gasteiger partial charge in [-0.05, 0) is 61.3 Å². The lowest BCUT2D eigenvalue weighted by Crippen LogP contribution is -2.35. The number of likely N-dealkylation sites (tertiary alicyclic amines) is 1. The highest BCUT2D eigenvalue weighted by Crippen LogP contribution is 2.33. The molecule has 0 bridgehead atoms. The number of benzene rings is 2. The summed E-state index contributed by atoms with van der Waals surface area (Å²) in [5, 5.41) is 10.5. The highest BCUT2D eigenvalue weighted by Gasteiger charge is 2.28. The molecule has 0 aromatic heterocycles. The molecule has 28 heavy (non-hydrogen) atoms. The second kappa shape index (κ2) is 9.71. The van der Waals surface area contributed by atoms with Crippen LogP contribution >= 0.6 is 0 Å². The third kappa shape index (κ3) is 5.12. The Labute approximate surface area is 166 Å². The number of β-amino-alcohol motifs (C(OH)–C–C–N with tert-alkyl or cyclic N) is 1. The fourth-order valence-corrected chi connectivity index (χ4v) is 3.73. The van der Waals surface area contributed by atoms with Crippen molar-refractivity contribution in [2.45, 2.75) is 38.3 Å². The van der Waals surface area contributed by atoms with Crippen molar-refractivity contribution >= 4 is 5.78 Å². The number of aliphatic hydroxyl groups excluding tert-OH is 1. The molecule has 3 rings (SSSR count). The second-order valence-electron chi connectivity index (χ2n) is 7.20. The van der Waals surface area contributed by atoms with E-state index in [0.29, 0.717) is 30.3 Å². The van der Waals surface area contributed by atoms with Crippen LogP contribution < -0.4 is 9.47 Å². The number of aliphatic hydroxyl groups is 1. The van der Waals surface area contributed by atoms with E-state index >= 15 is 0 Å². The minimum atomic E-state index is -0.580. The molecule has 1 fully saturated rings. The molecule has 150 valence electrons. The first-order valence-electron chi connectivity index (χ1n) is 9.92. The number of carbonyl (C=O) groups is 1. The minimum absolute atomic E-state index is 0.115. The minimum Gasteiger partial charge on any atom is -0.497 e. The van der Waals surface area contributed by atoms with Gasteiger partial charge in [-0.3, -0.25) is 9.69 Å². The van der Waals surface area contributed by atoms with Crippen molar-refractivity contribution < 1.29 is 19.4 Å². The maximum atomic E-state index is 11.7. The van der Waals surface area contributed by atoms with Gasteiger partial charge >= 0.3 is 0 Å². The SMILES string of the molecule is CCC(=O)c1ccc(OCC(O)CN2CCCC2c2cccc(OC)c2)cc1. The van der Waals surface area contributed by atoms with E-state index < -0.39 is 6.10 Å². The third-order valence-corrected chi connectivity index (χ3v) is 5.23. The number of Topliss-reactive ketones (excluding diaryl/α,β-unsaturated/α-hetero) is 1. The van der Waals surface area contributed by atoms with Crippen molar-refractivity contribution in [3.05, 3.63) is 59.7 Å². The van der Waals surface area contributed by atoms with E-state index in [1.54, 1.807) is 31.4 Å². The maximum absolute atomic E-state index is 11.7. The Morgan fingerprint density at radius 2 is 2.00 bits per heavy atom. The summed E-state index contributed by atoms with van der Waals surface area (Å²) in [6.45, 7) is 3.60. The van der Waals surface area contributed by atoms with Crippen molar-refractivity contribution in [3.63, 3.8) is 0 Å². The average molecular weight is 383 g/mol. The van der Waals surface area contributed by atoms with Crippen LogP contribution in [0, 0.1) is 0 Å². The van der Waals surface area contributed by atoms with Crippen LogP contribution in [0.15, 0.2) is 48.5 Å². The number of methoxy groups -OCH3 is 1. The molecule has 5 nitrogen and oxygen atoms in total. The van der Waals surface area contributed by atoms with Gasteiger partial charge in [-0.1, -0.05) is 19.1 Å². The average Bonchev–Trinajstić information content (AvgIpc) is 3.20. The molecule has 0 aliphatic carbocycles. The van der Waals surface area contributed by atoms with Gasteiger partial charge in [-0.2, -0.15) is 0 Å². The van der Waals surface area contributed by atoms with Gasteiger partial charge in [-0.15, -0.1) is 0 Å². The highest BCUT2D eigenvalue weighted by molar-refractivity contribution is 5.95. The second-order valence-corrected chi connectivity index (χ2v) is 7.20. The summed E-state index contributed by atoms with van der Waals surface area (Å²) in [5.41, 5.74) is 1.91. The molecule has 1 saturated heterocycles. The first-order chi connectivity index (χ1) is 13.6. The molecule has 1 heterocycles. The molecular formula is C23H29NO4. The molecule has 1 aliphatic heterocycles. The van der Waals surface area contributed by atoms with Gasteiger partial charge in [0.1, 0.15) is 24.2 Å². The van der Waals surface area contributed by atoms with E-state index in [9.17, 15) is 9.90 Å². The zero-order valence-corrected chi connectivity index (χ0v) is 16.6. The van der Waals surface area contributed by atoms with E-state index in [1.165, 1.54) is 5.56 Å². The van der Waals surface area contributed by atoms with E-state index in [-0.39, 0.29) is 12.4 Å². The maximum Gasteiger partial charge on any atom is 0.162 e. The van der Waals surface area contributed by atoms with Crippen LogP contribution in [0.4, 0.5) is 0 Å². The number of carbonyl (C=O) groups excluding carboxylic acids is 1. The van der Waals surface area contributed by atoms with Gasteiger partial charge < -0.3 is 14.6 Å². The molecular weight excluding hydrogens is 354 g/mol. The summed E-state index contributed by atoms with van der Waals surface area (Å²) < 4.78 is 11.1. The van der Waals surface area contributed by atoms with E-state index in [1.807, 2.05) is 19.1 Å². The molecule has 2 aromatic rings. The van der Waals surface area contributed by atoms with Crippen LogP contribution in [0.25, 0.3) is 0 Å². The summed E-state index contributed by atoms with van der Waals surface area (Å²) in [4.78, 5) is 14.0. The highest BCUT2D eigenvalue weighted by atomic mass is 16.5. The van der Waals surface area contributed by atoms with Crippen molar-refractivity contribution in [2.24, 2.45) is 0 Å². The molecule has 5 heteroatoms. The number of hydrogen-bond acceptors (Lipinski definition) is 5. The van der Waals surface area contributed by atoms with E-state index in [0.717, 1.165) is 25.1 Å². The van der Waals surface area contributed by atoms with Crippen LogP contribution in [0.5, 0.6) is 11.5 Å². The van der Waals surface area contributed by atoms with Crippen molar-refractivity contribution in [1.82, 2.24) is 4.90 Å². The molecule has 0 radical (unpaired) electrons. The summed E-state index contributed by atoms with van der Waals surface area (Å²) >= 11 is 0. The van der Waals surface area contributed by atoms with Crippen LogP contribution in [0.2, 0.25) is 0 Å². The van der Waals surface area contributed by atoms with Crippen LogP contribution in [-0.4, -0.2) is 48.7 Å². The van der Waals surface area contributed by atoms with Crippen LogP contribution in [-0.2, 0) is 0 Å². The smallest absolute Gasteiger partial charge is 0.162 e. The van der Waals surface area contributed by atoms with Crippen molar-refractivity contribution in [3.8, 4) is 11.5 Å². The van der Waals surface area contributed by atoms with Gasteiger partial charge in [0.15, 0.2) is 5.78 Å². The number of ketones is 1. The summed E-state index contributed by atoms with van der Waals surface area (Å²) in [6.07, 6.45) is 2.10. The van der Waals surface area contributed by atoms with Gasteiger partial charge in [-0.25, -0.2) is 0 Å². The van der Waals surface area contributed by atoms with Gasteiger partial charge in [0.25, 0.3) is 0 Å². The Bertz CT molecular complexity index is 774. The predicted octanol–water partition coefficient (Wildman–Crippen LogP) is 3.86. The number of hydrogen-bond donors (Lipinski definition) is 1. The fraction of sp³-hybridized carbons (Fsp3) is 0.435. The topological polar surface area (TPSA) is 59.0 Å².